The van der Waals surface area contributed by atoms with Crippen LogP contribution < -0.4 is 5.32 Å². The summed E-state index contributed by atoms with van der Waals surface area (Å²) in [6.45, 7) is 1.11. The first kappa shape index (κ1) is 21.7. The molecule has 3 rings (SSSR count). The van der Waals surface area contributed by atoms with Crippen molar-refractivity contribution in [3.05, 3.63) is 53.1 Å². The van der Waals surface area contributed by atoms with Crippen molar-refractivity contribution in [2.24, 2.45) is 0 Å². The van der Waals surface area contributed by atoms with E-state index in [9.17, 15) is 21.6 Å². The van der Waals surface area contributed by atoms with Gasteiger partial charge in [0.15, 0.2) is 9.84 Å². The molecule has 1 aliphatic rings. The van der Waals surface area contributed by atoms with E-state index < -0.39 is 25.8 Å². The number of hydrogen-bond acceptors (Lipinski definition) is 6. The molecule has 0 atom stereocenters. The molecule has 0 aromatic heterocycles. The standard InChI is InChI=1S/C18H19ClN2O6S2/c1-28(23,24)14-4-2-3-13(11-14)18(22)20-17-12-15(5-6-16(17)19)29(25,26)21-7-9-27-10-8-21/h2-6,11-12H,7-10H2,1H3,(H,20,22). The normalized spacial score (nSPS) is 15.8. The van der Waals surface area contributed by atoms with Crippen molar-refractivity contribution in [3.8, 4) is 0 Å². The maximum atomic E-state index is 12.8. The summed E-state index contributed by atoms with van der Waals surface area (Å²) < 4.78 is 55.5. The molecule has 2 aromatic carbocycles. The van der Waals surface area contributed by atoms with Gasteiger partial charge in [0, 0.05) is 24.9 Å². The lowest BCUT2D eigenvalue weighted by atomic mass is 10.2. The van der Waals surface area contributed by atoms with Gasteiger partial charge in [0.1, 0.15) is 0 Å². The quantitative estimate of drug-likeness (QED) is 0.734. The fraction of sp³-hybridized carbons (Fsp3) is 0.278. The Morgan fingerprint density at radius 2 is 1.72 bits per heavy atom. The molecule has 1 amide bonds. The zero-order valence-corrected chi connectivity index (χ0v) is 17.8. The second-order valence-corrected chi connectivity index (χ2v) is 10.8. The van der Waals surface area contributed by atoms with E-state index in [1.807, 2.05) is 0 Å². The number of hydrogen-bond donors (Lipinski definition) is 1. The van der Waals surface area contributed by atoms with Crippen molar-refractivity contribution in [2.75, 3.05) is 37.9 Å². The van der Waals surface area contributed by atoms with Gasteiger partial charge in [-0.25, -0.2) is 16.8 Å². The van der Waals surface area contributed by atoms with Crippen molar-refractivity contribution in [3.63, 3.8) is 0 Å². The lowest BCUT2D eigenvalue weighted by Gasteiger charge is -2.26. The molecule has 1 N–H and O–H groups in total. The van der Waals surface area contributed by atoms with Crippen LogP contribution in [0.3, 0.4) is 0 Å². The summed E-state index contributed by atoms with van der Waals surface area (Å²) in [6.07, 6.45) is 1.04. The van der Waals surface area contributed by atoms with Crippen LogP contribution in [0.25, 0.3) is 0 Å². The molecule has 0 unspecified atom stereocenters. The molecule has 0 saturated carbocycles. The predicted octanol–water partition coefficient (Wildman–Crippen LogP) is 2.02. The molecule has 11 heteroatoms. The fourth-order valence-corrected chi connectivity index (χ4v) is 5.03. The van der Waals surface area contributed by atoms with E-state index in [2.05, 4.69) is 5.32 Å². The third kappa shape index (κ3) is 4.96. The van der Waals surface area contributed by atoms with Gasteiger partial charge in [-0.2, -0.15) is 4.31 Å². The second kappa shape index (κ2) is 8.41. The number of rotatable bonds is 5. The second-order valence-electron chi connectivity index (χ2n) is 6.41. The smallest absolute Gasteiger partial charge is 0.255 e. The SMILES string of the molecule is CS(=O)(=O)c1cccc(C(=O)Nc2cc(S(=O)(=O)N3CCOCC3)ccc2Cl)c1. The molecule has 0 aliphatic carbocycles. The number of sulfone groups is 1. The number of anilines is 1. The minimum Gasteiger partial charge on any atom is -0.379 e. The van der Waals surface area contributed by atoms with Gasteiger partial charge in [0.25, 0.3) is 5.91 Å². The highest BCUT2D eigenvalue weighted by atomic mass is 35.5. The Bertz CT molecular complexity index is 1140. The van der Waals surface area contributed by atoms with Gasteiger partial charge in [-0.1, -0.05) is 17.7 Å². The summed E-state index contributed by atoms with van der Waals surface area (Å²) in [5.74, 6) is -0.613. The first-order chi connectivity index (χ1) is 13.6. The van der Waals surface area contributed by atoms with E-state index in [1.54, 1.807) is 0 Å². The lowest BCUT2D eigenvalue weighted by Crippen LogP contribution is -2.40. The van der Waals surface area contributed by atoms with Crippen LogP contribution in [0.2, 0.25) is 5.02 Å². The summed E-state index contributed by atoms with van der Waals surface area (Å²) in [5.41, 5.74) is 0.209. The van der Waals surface area contributed by atoms with Crippen molar-refractivity contribution in [1.82, 2.24) is 4.31 Å². The first-order valence-corrected chi connectivity index (χ1v) is 12.3. The average Bonchev–Trinajstić information content (AvgIpc) is 2.69. The molecule has 1 aliphatic heterocycles. The van der Waals surface area contributed by atoms with Crippen molar-refractivity contribution >= 4 is 43.1 Å². The van der Waals surface area contributed by atoms with Gasteiger partial charge in [0.05, 0.1) is 33.7 Å². The number of ether oxygens (including phenoxy) is 1. The number of amides is 1. The molecule has 0 bridgehead atoms. The summed E-state index contributed by atoms with van der Waals surface area (Å²) >= 11 is 6.13. The highest BCUT2D eigenvalue weighted by Gasteiger charge is 2.27. The van der Waals surface area contributed by atoms with E-state index in [-0.39, 0.29) is 39.2 Å². The third-order valence-electron chi connectivity index (χ3n) is 4.32. The summed E-state index contributed by atoms with van der Waals surface area (Å²) in [5, 5.41) is 2.70. The molecule has 0 radical (unpaired) electrons. The van der Waals surface area contributed by atoms with Crippen LogP contribution in [-0.2, 0) is 24.6 Å². The molecule has 2 aromatic rings. The van der Waals surface area contributed by atoms with Crippen LogP contribution in [0.15, 0.2) is 52.3 Å². The van der Waals surface area contributed by atoms with Gasteiger partial charge in [-0.05, 0) is 36.4 Å². The highest BCUT2D eigenvalue weighted by Crippen LogP contribution is 2.28. The summed E-state index contributed by atoms with van der Waals surface area (Å²) in [4.78, 5) is 12.6. The van der Waals surface area contributed by atoms with Crippen LogP contribution in [0, 0.1) is 0 Å². The van der Waals surface area contributed by atoms with E-state index >= 15 is 0 Å². The topological polar surface area (TPSA) is 110 Å². The van der Waals surface area contributed by atoms with E-state index in [0.29, 0.717) is 13.2 Å². The number of carbonyl (C=O) groups excluding carboxylic acids is 1. The summed E-state index contributed by atoms with van der Waals surface area (Å²) in [7, 11) is -7.24. The van der Waals surface area contributed by atoms with Crippen LogP contribution >= 0.6 is 11.6 Å². The van der Waals surface area contributed by atoms with E-state index in [0.717, 1.165) is 6.26 Å². The Morgan fingerprint density at radius 1 is 1.03 bits per heavy atom. The minimum absolute atomic E-state index is 0.0000992. The maximum Gasteiger partial charge on any atom is 0.255 e. The Kier molecular flexibility index (Phi) is 6.30. The minimum atomic E-state index is -3.76. The molecular formula is C18H19ClN2O6S2. The van der Waals surface area contributed by atoms with Gasteiger partial charge < -0.3 is 10.1 Å². The van der Waals surface area contributed by atoms with Crippen LogP contribution in [0.4, 0.5) is 5.69 Å². The van der Waals surface area contributed by atoms with Crippen molar-refractivity contribution < 1.29 is 26.4 Å². The first-order valence-electron chi connectivity index (χ1n) is 8.58. The zero-order valence-electron chi connectivity index (χ0n) is 15.5. The lowest BCUT2D eigenvalue weighted by molar-refractivity contribution is 0.0730. The molecule has 156 valence electrons. The number of benzene rings is 2. The number of nitrogens with one attached hydrogen (secondary N) is 1. The largest absolute Gasteiger partial charge is 0.379 e. The maximum absolute atomic E-state index is 12.8. The molecule has 1 saturated heterocycles. The van der Waals surface area contributed by atoms with Gasteiger partial charge in [0.2, 0.25) is 10.0 Å². The van der Waals surface area contributed by atoms with Crippen molar-refractivity contribution in [2.45, 2.75) is 9.79 Å². The van der Waals surface area contributed by atoms with E-state index in [4.69, 9.17) is 16.3 Å². The predicted molar refractivity (Wildman–Crippen MR) is 109 cm³/mol. The summed E-state index contributed by atoms with van der Waals surface area (Å²) in [6, 6.07) is 9.57. The number of carbonyl (C=O) groups is 1. The van der Waals surface area contributed by atoms with Gasteiger partial charge >= 0.3 is 0 Å². The molecule has 8 nitrogen and oxygen atoms in total. The molecule has 1 fully saturated rings. The Hall–Kier alpha value is -1.98. The molecule has 0 spiro atoms. The fourth-order valence-electron chi connectivity index (χ4n) is 2.76. The number of halogens is 1. The monoisotopic (exact) mass is 458 g/mol. The Balaban J connectivity index is 1.88. The average molecular weight is 459 g/mol. The van der Waals surface area contributed by atoms with Crippen molar-refractivity contribution in [1.29, 1.82) is 0 Å². The van der Waals surface area contributed by atoms with Gasteiger partial charge in [-0.15, -0.1) is 0 Å². The van der Waals surface area contributed by atoms with Crippen LogP contribution in [0.1, 0.15) is 10.4 Å². The van der Waals surface area contributed by atoms with E-state index in [1.165, 1.54) is 46.8 Å². The zero-order chi connectivity index (χ0) is 21.2. The molecular weight excluding hydrogens is 440 g/mol. The number of nitrogens with zero attached hydrogens (tertiary/aromatic N) is 1. The molecule has 29 heavy (non-hydrogen) atoms. The van der Waals surface area contributed by atoms with Gasteiger partial charge in [-0.3, -0.25) is 4.79 Å². The molecule has 1 heterocycles. The van der Waals surface area contributed by atoms with Crippen LogP contribution in [-0.4, -0.2) is 59.6 Å². The highest BCUT2D eigenvalue weighted by molar-refractivity contribution is 7.90. The Labute approximate surface area is 174 Å². The Morgan fingerprint density at radius 3 is 2.38 bits per heavy atom. The number of morpholine rings is 1. The van der Waals surface area contributed by atoms with Crippen LogP contribution in [0.5, 0.6) is 0 Å². The number of sulfonamides is 1. The third-order valence-corrected chi connectivity index (χ3v) is 7.65.